The van der Waals surface area contributed by atoms with E-state index >= 15 is 0 Å². The molecule has 0 amide bonds. The molecular formula is C11H15N3O2. The van der Waals surface area contributed by atoms with Crippen molar-refractivity contribution in [3.05, 3.63) is 23.8 Å². The Kier molecular flexibility index (Phi) is 1.78. The average molecular weight is 221 g/mol. The molecule has 2 heterocycles. The first-order valence-corrected chi connectivity index (χ1v) is 5.32. The Morgan fingerprint density at radius 3 is 2.75 bits per heavy atom. The van der Waals surface area contributed by atoms with Crippen molar-refractivity contribution in [2.75, 3.05) is 13.6 Å². The first-order chi connectivity index (χ1) is 7.54. The van der Waals surface area contributed by atoms with E-state index in [0.29, 0.717) is 0 Å². The smallest absolute Gasteiger partial charge is 0.125 e. The third-order valence-electron chi connectivity index (χ3n) is 3.66. The third kappa shape index (κ3) is 1.10. The Labute approximate surface area is 93.9 Å². The van der Waals surface area contributed by atoms with Crippen molar-refractivity contribution in [1.29, 1.82) is 0 Å². The molecule has 86 valence electrons. The molecule has 0 spiro atoms. The normalized spacial score (nSPS) is 40.8. The van der Waals surface area contributed by atoms with Crippen molar-refractivity contribution < 1.29 is 10.2 Å². The van der Waals surface area contributed by atoms with Crippen LogP contribution in [0.3, 0.4) is 0 Å². The van der Waals surface area contributed by atoms with Crippen LogP contribution < -0.4 is 5.32 Å². The van der Waals surface area contributed by atoms with Gasteiger partial charge >= 0.3 is 0 Å². The van der Waals surface area contributed by atoms with Crippen LogP contribution in [0.5, 0.6) is 11.5 Å². The lowest BCUT2D eigenvalue weighted by atomic mass is 10.1. The van der Waals surface area contributed by atoms with Crippen molar-refractivity contribution >= 4 is 0 Å². The number of hydrogen-bond donors (Lipinski definition) is 3. The highest BCUT2D eigenvalue weighted by Gasteiger charge is 2.63. The summed E-state index contributed by atoms with van der Waals surface area (Å²) in [6.07, 6.45) is -0.00407. The molecule has 1 aromatic carbocycles. The number of hydrogen-bond acceptors (Lipinski definition) is 5. The maximum Gasteiger partial charge on any atom is 0.125 e. The van der Waals surface area contributed by atoms with E-state index in [9.17, 15) is 10.2 Å². The first kappa shape index (κ1) is 9.89. The van der Waals surface area contributed by atoms with E-state index in [2.05, 4.69) is 22.3 Å². The van der Waals surface area contributed by atoms with Crippen LogP contribution in [0.15, 0.2) is 18.2 Å². The zero-order valence-electron chi connectivity index (χ0n) is 9.31. The molecular weight excluding hydrogens is 206 g/mol. The number of phenols is 2. The molecule has 16 heavy (non-hydrogen) atoms. The number of hydrazine groups is 1. The number of benzene rings is 1. The summed E-state index contributed by atoms with van der Waals surface area (Å²) in [5.74, 6) is 0.211. The monoisotopic (exact) mass is 221 g/mol. The van der Waals surface area contributed by atoms with E-state index in [1.165, 1.54) is 6.07 Å². The zero-order chi connectivity index (χ0) is 11.5. The molecule has 2 aliphatic heterocycles. The summed E-state index contributed by atoms with van der Waals surface area (Å²) < 4.78 is 0. The van der Waals surface area contributed by atoms with Crippen molar-refractivity contribution in [3.8, 4) is 11.5 Å². The Balaban J connectivity index is 1.94. The highest BCUT2D eigenvalue weighted by Crippen LogP contribution is 2.49. The fraction of sp³-hybridized carbons (Fsp3) is 0.455. The van der Waals surface area contributed by atoms with Gasteiger partial charge in [-0.15, -0.1) is 0 Å². The number of nitrogens with zero attached hydrogens (tertiary/aromatic N) is 2. The van der Waals surface area contributed by atoms with Gasteiger partial charge in [0.2, 0.25) is 0 Å². The lowest BCUT2D eigenvalue weighted by Gasteiger charge is -2.17. The first-order valence-electron chi connectivity index (χ1n) is 5.32. The largest absolute Gasteiger partial charge is 0.508 e. The summed E-state index contributed by atoms with van der Waals surface area (Å²) in [4.78, 5) is 0. The Morgan fingerprint density at radius 2 is 2.19 bits per heavy atom. The summed E-state index contributed by atoms with van der Waals surface area (Å²) in [7, 11) is 2.03. The van der Waals surface area contributed by atoms with Crippen LogP contribution in [-0.4, -0.2) is 39.5 Å². The summed E-state index contributed by atoms with van der Waals surface area (Å²) in [5.41, 5.74) is 0.862. The van der Waals surface area contributed by atoms with Gasteiger partial charge < -0.3 is 10.2 Å². The average Bonchev–Trinajstić information content (AvgIpc) is 2.60. The Hall–Kier alpha value is -1.30. The molecule has 0 bridgehead atoms. The highest BCUT2D eigenvalue weighted by molar-refractivity contribution is 5.41. The van der Waals surface area contributed by atoms with E-state index in [-0.39, 0.29) is 23.3 Å². The van der Waals surface area contributed by atoms with Gasteiger partial charge in [0.05, 0.1) is 0 Å². The lowest BCUT2D eigenvalue weighted by Crippen LogP contribution is -2.28. The molecule has 5 heteroatoms. The molecule has 2 aliphatic rings. The second kappa shape index (κ2) is 2.88. The molecule has 1 aromatic rings. The molecule has 3 N–H and O–H groups in total. The Bertz CT molecular complexity index is 451. The predicted molar refractivity (Wildman–Crippen MR) is 58.5 cm³/mol. The van der Waals surface area contributed by atoms with Crippen LogP contribution in [0.2, 0.25) is 0 Å². The van der Waals surface area contributed by atoms with Gasteiger partial charge in [0.25, 0.3) is 0 Å². The summed E-state index contributed by atoms with van der Waals surface area (Å²) in [6.45, 7) is 3.02. The topological polar surface area (TPSA) is 58.5 Å². The van der Waals surface area contributed by atoms with Crippen LogP contribution in [0, 0.1) is 0 Å². The van der Waals surface area contributed by atoms with Crippen LogP contribution in [0.4, 0.5) is 0 Å². The predicted octanol–water partition coefficient (Wildman–Crippen LogP) is 0.578. The van der Waals surface area contributed by atoms with E-state index in [4.69, 9.17) is 0 Å². The minimum atomic E-state index is -0.00407. The van der Waals surface area contributed by atoms with Gasteiger partial charge in [0.15, 0.2) is 0 Å². The van der Waals surface area contributed by atoms with Gasteiger partial charge in [-0.3, -0.25) is 5.32 Å². The number of fused-ring (bicyclic) bond motifs is 1. The SMILES string of the molecule is CN1N2[C@H](c3ccc(O)cc3O)NC[C@@]12C. The van der Waals surface area contributed by atoms with Crippen LogP contribution in [0.25, 0.3) is 0 Å². The molecule has 0 radical (unpaired) electrons. The third-order valence-corrected chi connectivity index (χ3v) is 3.66. The zero-order valence-corrected chi connectivity index (χ0v) is 9.31. The van der Waals surface area contributed by atoms with Crippen molar-refractivity contribution in [2.45, 2.75) is 18.8 Å². The molecule has 2 saturated heterocycles. The number of aromatic hydroxyl groups is 2. The fourth-order valence-corrected chi connectivity index (χ4v) is 2.51. The van der Waals surface area contributed by atoms with Crippen LogP contribution in [0.1, 0.15) is 18.7 Å². The fourth-order valence-electron chi connectivity index (χ4n) is 2.51. The maximum atomic E-state index is 9.81. The van der Waals surface area contributed by atoms with E-state index in [1.807, 2.05) is 7.05 Å². The maximum absolute atomic E-state index is 9.81. The van der Waals surface area contributed by atoms with Crippen LogP contribution >= 0.6 is 0 Å². The minimum absolute atomic E-state index is 0.00407. The van der Waals surface area contributed by atoms with E-state index in [0.717, 1.165) is 12.1 Å². The Morgan fingerprint density at radius 1 is 1.44 bits per heavy atom. The summed E-state index contributed by atoms with van der Waals surface area (Å²) in [6, 6.07) is 4.71. The number of phenolic OH excluding ortho intramolecular Hbond substituents is 2. The molecule has 3 rings (SSSR count). The van der Waals surface area contributed by atoms with Gasteiger partial charge in [-0.05, 0) is 19.1 Å². The molecule has 0 aliphatic carbocycles. The molecule has 0 saturated carbocycles. The van der Waals surface area contributed by atoms with Crippen molar-refractivity contribution in [3.63, 3.8) is 0 Å². The van der Waals surface area contributed by atoms with Crippen molar-refractivity contribution in [1.82, 2.24) is 15.3 Å². The number of likely N-dealkylation sites (N-methyl/N-ethyl adjacent to an activating group) is 1. The van der Waals surface area contributed by atoms with Crippen LogP contribution in [-0.2, 0) is 0 Å². The molecule has 0 aromatic heterocycles. The molecule has 2 unspecified atom stereocenters. The molecule has 2 fully saturated rings. The molecule has 4 atom stereocenters. The minimum Gasteiger partial charge on any atom is -0.508 e. The summed E-state index contributed by atoms with van der Waals surface area (Å²) in [5, 5.41) is 26.7. The van der Waals surface area contributed by atoms with Gasteiger partial charge in [-0.1, -0.05) is 0 Å². The lowest BCUT2D eigenvalue weighted by molar-refractivity contribution is 0.241. The number of rotatable bonds is 1. The standard InChI is InChI=1S/C11H15N3O2/c1-11-6-12-10(14(11)13(11)2)8-4-3-7(15)5-9(8)16/h3-5,10,12,15-16H,6H2,1-2H3/t10-,11+,13?,14?/m1/s1. The van der Waals surface area contributed by atoms with E-state index < -0.39 is 0 Å². The van der Waals surface area contributed by atoms with Gasteiger partial charge in [0.1, 0.15) is 23.3 Å². The van der Waals surface area contributed by atoms with Gasteiger partial charge in [-0.2, -0.15) is 5.01 Å². The second-order valence-corrected chi connectivity index (χ2v) is 4.61. The van der Waals surface area contributed by atoms with E-state index in [1.54, 1.807) is 12.1 Å². The summed E-state index contributed by atoms with van der Waals surface area (Å²) >= 11 is 0. The quantitative estimate of drug-likeness (QED) is 0.606. The van der Waals surface area contributed by atoms with Gasteiger partial charge in [-0.25, -0.2) is 5.01 Å². The number of nitrogens with one attached hydrogen (secondary N) is 1. The van der Waals surface area contributed by atoms with Gasteiger partial charge in [0, 0.05) is 25.2 Å². The molecule has 5 nitrogen and oxygen atoms in total. The highest BCUT2D eigenvalue weighted by atomic mass is 16.3. The van der Waals surface area contributed by atoms with Crippen molar-refractivity contribution in [2.24, 2.45) is 0 Å². The second-order valence-electron chi connectivity index (χ2n) is 4.61.